The third-order valence-corrected chi connectivity index (χ3v) is 6.69. The highest BCUT2D eigenvalue weighted by atomic mass is 32.2. The standard InChI is InChI=1S/C19H20N4O3S/c1-19-8-7-15(24)23(19)14(11-27-19)18(26)21-13-5-3-12(4-6-13)16(25)17-20-9-10-22(17)2/h3-6,9-10,14H,7-8,11H2,1-2H3,(H,21,26)/t14-,19-/m1/s1. The van der Waals surface area contributed by atoms with E-state index in [0.29, 0.717) is 29.2 Å². The third-order valence-electron chi connectivity index (χ3n) is 5.19. The number of nitrogens with zero attached hydrogens (tertiary/aromatic N) is 3. The Balaban J connectivity index is 1.46. The summed E-state index contributed by atoms with van der Waals surface area (Å²) in [6.07, 6.45) is 4.57. The van der Waals surface area contributed by atoms with Crippen LogP contribution in [0.2, 0.25) is 0 Å². The van der Waals surface area contributed by atoms with Crippen LogP contribution in [-0.2, 0) is 16.6 Å². The molecule has 2 amide bonds. The molecule has 0 unspecified atom stereocenters. The van der Waals surface area contributed by atoms with E-state index in [1.165, 1.54) is 0 Å². The van der Waals surface area contributed by atoms with Gasteiger partial charge < -0.3 is 14.8 Å². The fourth-order valence-electron chi connectivity index (χ4n) is 3.66. The lowest BCUT2D eigenvalue weighted by atomic mass is 10.1. The predicted octanol–water partition coefficient (Wildman–Crippen LogP) is 2.04. The number of rotatable bonds is 4. The topological polar surface area (TPSA) is 84.3 Å². The van der Waals surface area contributed by atoms with Gasteiger partial charge in [0, 0.05) is 42.9 Å². The first-order valence-corrected chi connectivity index (χ1v) is 9.77. The number of benzene rings is 1. The molecule has 2 aliphatic rings. The monoisotopic (exact) mass is 384 g/mol. The maximum atomic E-state index is 12.7. The van der Waals surface area contributed by atoms with Gasteiger partial charge in [0.1, 0.15) is 6.04 Å². The lowest BCUT2D eigenvalue weighted by Gasteiger charge is -2.29. The molecule has 3 heterocycles. The average molecular weight is 384 g/mol. The van der Waals surface area contributed by atoms with E-state index >= 15 is 0 Å². The molecule has 8 heteroatoms. The molecule has 1 aromatic carbocycles. The number of carbonyl (C=O) groups is 3. The summed E-state index contributed by atoms with van der Waals surface area (Å²) in [7, 11) is 1.77. The number of hydrogen-bond donors (Lipinski definition) is 1. The van der Waals surface area contributed by atoms with Gasteiger partial charge in [0.15, 0.2) is 5.82 Å². The zero-order valence-corrected chi connectivity index (χ0v) is 16.0. The number of nitrogens with one attached hydrogen (secondary N) is 1. The second kappa shape index (κ2) is 6.53. The molecule has 0 saturated carbocycles. The summed E-state index contributed by atoms with van der Waals surface area (Å²) in [4.78, 5) is 42.8. The van der Waals surface area contributed by atoms with Gasteiger partial charge in [0.2, 0.25) is 17.6 Å². The molecular weight excluding hydrogens is 364 g/mol. The summed E-state index contributed by atoms with van der Waals surface area (Å²) in [5.41, 5.74) is 1.10. The molecule has 2 atom stereocenters. The van der Waals surface area contributed by atoms with Crippen molar-refractivity contribution in [1.29, 1.82) is 0 Å². The van der Waals surface area contributed by atoms with Crippen LogP contribution in [0.3, 0.4) is 0 Å². The minimum Gasteiger partial charge on any atom is -0.331 e. The molecule has 2 aliphatic heterocycles. The molecule has 7 nitrogen and oxygen atoms in total. The van der Waals surface area contributed by atoms with Crippen LogP contribution in [0.4, 0.5) is 5.69 Å². The number of imidazole rings is 1. The third kappa shape index (κ3) is 3.03. The van der Waals surface area contributed by atoms with E-state index in [-0.39, 0.29) is 22.5 Å². The Morgan fingerprint density at radius 1 is 1.30 bits per heavy atom. The molecule has 4 rings (SSSR count). The zero-order chi connectivity index (χ0) is 19.2. The van der Waals surface area contributed by atoms with Crippen LogP contribution in [-0.4, -0.2) is 48.7 Å². The summed E-state index contributed by atoms with van der Waals surface area (Å²) in [6.45, 7) is 2.02. The van der Waals surface area contributed by atoms with Crippen LogP contribution in [0, 0.1) is 0 Å². The van der Waals surface area contributed by atoms with Crippen LogP contribution in [0.25, 0.3) is 0 Å². The summed E-state index contributed by atoms with van der Waals surface area (Å²) in [5, 5.41) is 2.87. The highest BCUT2D eigenvalue weighted by Crippen LogP contribution is 2.47. The quantitative estimate of drug-likeness (QED) is 0.816. The molecule has 140 valence electrons. The highest BCUT2D eigenvalue weighted by Gasteiger charge is 2.52. The van der Waals surface area contributed by atoms with Gasteiger partial charge in [-0.3, -0.25) is 14.4 Å². The van der Waals surface area contributed by atoms with Crippen molar-refractivity contribution in [2.45, 2.75) is 30.7 Å². The molecule has 27 heavy (non-hydrogen) atoms. The molecule has 0 bridgehead atoms. The molecular formula is C19H20N4O3S. The molecule has 2 saturated heterocycles. The number of fused-ring (bicyclic) bond motifs is 1. The van der Waals surface area contributed by atoms with E-state index in [4.69, 9.17) is 0 Å². The van der Waals surface area contributed by atoms with E-state index in [2.05, 4.69) is 10.3 Å². The Labute approximate surface area is 161 Å². The molecule has 1 N–H and O–H groups in total. The molecule has 2 fully saturated rings. The van der Waals surface area contributed by atoms with E-state index < -0.39 is 6.04 Å². The molecule has 0 radical (unpaired) electrons. The Morgan fingerprint density at radius 3 is 2.70 bits per heavy atom. The van der Waals surface area contributed by atoms with E-state index in [0.717, 1.165) is 6.42 Å². The van der Waals surface area contributed by atoms with Crippen molar-refractivity contribution < 1.29 is 14.4 Å². The first-order valence-electron chi connectivity index (χ1n) is 8.78. The minimum absolute atomic E-state index is 0.0404. The Kier molecular flexibility index (Phi) is 4.30. The van der Waals surface area contributed by atoms with Crippen LogP contribution in [0.1, 0.15) is 35.9 Å². The lowest BCUT2D eigenvalue weighted by molar-refractivity contribution is -0.135. The summed E-state index contributed by atoms with van der Waals surface area (Å²) < 4.78 is 1.67. The van der Waals surface area contributed by atoms with Crippen molar-refractivity contribution in [2.24, 2.45) is 7.05 Å². The fourth-order valence-corrected chi connectivity index (χ4v) is 5.09. The molecule has 0 spiro atoms. The van der Waals surface area contributed by atoms with Crippen molar-refractivity contribution in [2.75, 3.05) is 11.1 Å². The number of thioether (sulfide) groups is 1. The van der Waals surface area contributed by atoms with Gasteiger partial charge in [-0.2, -0.15) is 0 Å². The Bertz CT molecular complexity index is 923. The Morgan fingerprint density at radius 2 is 2.04 bits per heavy atom. The molecule has 0 aliphatic carbocycles. The number of aryl methyl sites for hydroxylation is 1. The maximum Gasteiger partial charge on any atom is 0.248 e. The highest BCUT2D eigenvalue weighted by molar-refractivity contribution is 8.01. The molecule has 1 aromatic heterocycles. The van der Waals surface area contributed by atoms with E-state index in [1.54, 1.807) is 64.9 Å². The van der Waals surface area contributed by atoms with Gasteiger partial charge in [0.05, 0.1) is 4.87 Å². The van der Waals surface area contributed by atoms with Crippen molar-refractivity contribution in [3.8, 4) is 0 Å². The zero-order valence-electron chi connectivity index (χ0n) is 15.1. The number of carbonyl (C=O) groups excluding carboxylic acids is 3. The van der Waals surface area contributed by atoms with Crippen molar-refractivity contribution in [3.05, 3.63) is 48.0 Å². The van der Waals surface area contributed by atoms with Gasteiger partial charge in [-0.1, -0.05) is 0 Å². The number of aromatic nitrogens is 2. The smallest absolute Gasteiger partial charge is 0.248 e. The second-order valence-corrected chi connectivity index (χ2v) is 8.52. The van der Waals surface area contributed by atoms with Crippen LogP contribution in [0.15, 0.2) is 36.7 Å². The number of ketones is 1. The summed E-state index contributed by atoms with van der Waals surface area (Å²) in [6, 6.07) is 6.27. The second-order valence-electron chi connectivity index (χ2n) is 7.02. The van der Waals surface area contributed by atoms with Crippen molar-refractivity contribution in [1.82, 2.24) is 14.5 Å². The van der Waals surface area contributed by atoms with Gasteiger partial charge in [-0.05, 0) is 37.6 Å². The fraction of sp³-hybridized carbons (Fsp3) is 0.368. The van der Waals surface area contributed by atoms with Crippen LogP contribution in [0.5, 0.6) is 0 Å². The van der Waals surface area contributed by atoms with Gasteiger partial charge >= 0.3 is 0 Å². The average Bonchev–Trinajstić information content (AvgIpc) is 3.30. The van der Waals surface area contributed by atoms with E-state index in [9.17, 15) is 14.4 Å². The lowest BCUT2D eigenvalue weighted by Crippen LogP contribution is -2.48. The van der Waals surface area contributed by atoms with E-state index in [1.807, 2.05) is 6.92 Å². The first kappa shape index (κ1) is 17.8. The summed E-state index contributed by atoms with van der Waals surface area (Å²) in [5.74, 6) is 0.639. The number of hydrogen-bond acceptors (Lipinski definition) is 5. The van der Waals surface area contributed by atoms with Crippen molar-refractivity contribution >= 4 is 35.0 Å². The van der Waals surface area contributed by atoms with Crippen LogP contribution >= 0.6 is 11.8 Å². The maximum absolute atomic E-state index is 12.7. The van der Waals surface area contributed by atoms with Crippen molar-refractivity contribution in [3.63, 3.8) is 0 Å². The van der Waals surface area contributed by atoms with Gasteiger partial charge in [0.25, 0.3) is 0 Å². The molecule has 2 aromatic rings. The number of amides is 2. The summed E-state index contributed by atoms with van der Waals surface area (Å²) >= 11 is 1.66. The SMILES string of the molecule is Cn1ccnc1C(=O)c1ccc(NC(=O)[C@H]2CS[C@]3(C)CCC(=O)N23)cc1. The van der Waals surface area contributed by atoms with Crippen LogP contribution < -0.4 is 5.32 Å². The first-order chi connectivity index (χ1) is 12.9. The normalized spacial score (nSPS) is 24.1. The van der Waals surface area contributed by atoms with Gasteiger partial charge in [-0.15, -0.1) is 11.8 Å². The minimum atomic E-state index is -0.455. The Hall–Kier alpha value is -2.61. The predicted molar refractivity (Wildman–Crippen MR) is 102 cm³/mol. The largest absolute Gasteiger partial charge is 0.331 e. The van der Waals surface area contributed by atoms with Gasteiger partial charge in [-0.25, -0.2) is 4.98 Å². The number of anilines is 1.